The SMILES string of the molecule is C=CCCc1ccnc(Br)c1C(N)=O. The second-order valence-corrected chi connectivity index (χ2v) is 3.58. The Morgan fingerprint density at radius 2 is 2.43 bits per heavy atom. The summed E-state index contributed by atoms with van der Waals surface area (Å²) >= 11 is 3.20. The molecule has 1 aromatic rings. The first kappa shape index (κ1) is 10.9. The molecule has 0 fully saturated rings. The molecule has 14 heavy (non-hydrogen) atoms. The fraction of sp³-hybridized carbons (Fsp3) is 0.200. The third kappa shape index (κ3) is 2.42. The molecule has 0 saturated carbocycles. The van der Waals surface area contributed by atoms with Crippen molar-refractivity contribution in [2.45, 2.75) is 12.8 Å². The molecule has 0 saturated heterocycles. The van der Waals surface area contributed by atoms with Crippen molar-refractivity contribution in [2.75, 3.05) is 0 Å². The van der Waals surface area contributed by atoms with Crippen LogP contribution in [-0.4, -0.2) is 10.9 Å². The molecule has 74 valence electrons. The molecule has 0 aliphatic rings. The van der Waals surface area contributed by atoms with E-state index in [2.05, 4.69) is 27.5 Å². The van der Waals surface area contributed by atoms with Crippen LogP contribution in [0.2, 0.25) is 0 Å². The van der Waals surface area contributed by atoms with Gasteiger partial charge in [-0.25, -0.2) is 4.98 Å². The Kier molecular flexibility index (Phi) is 3.83. The number of halogens is 1. The van der Waals surface area contributed by atoms with Crippen LogP contribution < -0.4 is 5.73 Å². The molecule has 0 atom stereocenters. The van der Waals surface area contributed by atoms with E-state index in [0.717, 1.165) is 18.4 Å². The molecule has 0 aliphatic carbocycles. The smallest absolute Gasteiger partial charge is 0.251 e. The van der Waals surface area contributed by atoms with Gasteiger partial charge in [0.25, 0.3) is 5.91 Å². The Balaban J connectivity index is 3.07. The third-order valence-corrected chi connectivity index (χ3v) is 2.46. The Bertz CT molecular complexity index is 363. The number of carbonyl (C=O) groups excluding carboxylic acids is 1. The highest BCUT2D eigenvalue weighted by Crippen LogP contribution is 2.18. The maximum absolute atomic E-state index is 11.1. The highest BCUT2D eigenvalue weighted by molar-refractivity contribution is 9.10. The first-order valence-electron chi connectivity index (χ1n) is 4.21. The predicted octanol–water partition coefficient (Wildman–Crippen LogP) is 2.06. The number of allylic oxidation sites excluding steroid dienone is 1. The Morgan fingerprint density at radius 3 is 3.00 bits per heavy atom. The zero-order chi connectivity index (χ0) is 10.6. The number of aromatic nitrogens is 1. The minimum atomic E-state index is -0.455. The summed E-state index contributed by atoms with van der Waals surface area (Å²) in [6.45, 7) is 3.63. The summed E-state index contributed by atoms with van der Waals surface area (Å²) < 4.78 is 0.506. The van der Waals surface area contributed by atoms with Crippen molar-refractivity contribution in [1.82, 2.24) is 4.98 Å². The van der Waals surface area contributed by atoms with E-state index in [1.165, 1.54) is 0 Å². The van der Waals surface area contributed by atoms with Crippen molar-refractivity contribution in [3.63, 3.8) is 0 Å². The zero-order valence-electron chi connectivity index (χ0n) is 7.66. The van der Waals surface area contributed by atoms with Gasteiger partial charge in [0.2, 0.25) is 0 Å². The van der Waals surface area contributed by atoms with E-state index in [1.54, 1.807) is 18.3 Å². The number of nitrogens with zero attached hydrogens (tertiary/aromatic N) is 1. The van der Waals surface area contributed by atoms with Gasteiger partial charge in [-0.1, -0.05) is 6.08 Å². The van der Waals surface area contributed by atoms with Crippen molar-refractivity contribution in [3.05, 3.63) is 40.6 Å². The number of aryl methyl sites for hydroxylation is 1. The van der Waals surface area contributed by atoms with Crippen molar-refractivity contribution >= 4 is 21.8 Å². The van der Waals surface area contributed by atoms with Gasteiger partial charge in [0.15, 0.2) is 0 Å². The van der Waals surface area contributed by atoms with E-state index in [0.29, 0.717) is 10.2 Å². The molecule has 0 bridgehead atoms. The summed E-state index contributed by atoms with van der Waals surface area (Å²) in [4.78, 5) is 15.1. The summed E-state index contributed by atoms with van der Waals surface area (Å²) in [6.07, 6.45) is 5.02. The molecule has 4 heteroatoms. The number of primary amides is 1. The van der Waals surface area contributed by atoms with Gasteiger partial charge in [0, 0.05) is 6.20 Å². The van der Waals surface area contributed by atoms with Crippen LogP contribution >= 0.6 is 15.9 Å². The van der Waals surface area contributed by atoms with Crippen LogP contribution in [0.25, 0.3) is 0 Å². The lowest BCUT2D eigenvalue weighted by molar-refractivity contribution is 0.0998. The fourth-order valence-corrected chi connectivity index (χ4v) is 1.77. The summed E-state index contributed by atoms with van der Waals surface area (Å²) in [7, 11) is 0. The van der Waals surface area contributed by atoms with Gasteiger partial charge >= 0.3 is 0 Å². The molecule has 0 spiro atoms. The lowest BCUT2D eigenvalue weighted by Gasteiger charge is -2.06. The van der Waals surface area contributed by atoms with Crippen LogP contribution in [0.4, 0.5) is 0 Å². The van der Waals surface area contributed by atoms with Crippen molar-refractivity contribution in [2.24, 2.45) is 5.73 Å². The van der Waals surface area contributed by atoms with Gasteiger partial charge in [-0.3, -0.25) is 4.79 Å². The summed E-state index contributed by atoms with van der Waals surface area (Å²) in [5, 5.41) is 0. The highest BCUT2D eigenvalue weighted by Gasteiger charge is 2.12. The van der Waals surface area contributed by atoms with Crippen LogP contribution in [0.1, 0.15) is 22.3 Å². The van der Waals surface area contributed by atoms with Gasteiger partial charge in [-0.15, -0.1) is 6.58 Å². The number of nitrogens with two attached hydrogens (primary N) is 1. The minimum absolute atomic E-state index is 0.455. The average Bonchev–Trinajstić information content (AvgIpc) is 2.14. The van der Waals surface area contributed by atoms with E-state index in [1.807, 2.05) is 0 Å². The first-order chi connectivity index (χ1) is 6.66. The van der Waals surface area contributed by atoms with E-state index in [9.17, 15) is 4.79 Å². The van der Waals surface area contributed by atoms with Gasteiger partial charge in [0.05, 0.1) is 5.56 Å². The Hall–Kier alpha value is -1.16. The maximum Gasteiger partial charge on any atom is 0.251 e. The van der Waals surface area contributed by atoms with E-state index < -0.39 is 5.91 Å². The number of amides is 1. The van der Waals surface area contributed by atoms with Crippen LogP contribution in [0.3, 0.4) is 0 Å². The van der Waals surface area contributed by atoms with Crippen molar-refractivity contribution in [1.29, 1.82) is 0 Å². The van der Waals surface area contributed by atoms with Crippen LogP contribution in [0.5, 0.6) is 0 Å². The van der Waals surface area contributed by atoms with Crippen LogP contribution in [-0.2, 0) is 6.42 Å². The molecule has 1 heterocycles. The van der Waals surface area contributed by atoms with Crippen molar-refractivity contribution < 1.29 is 4.79 Å². The number of rotatable bonds is 4. The lowest BCUT2D eigenvalue weighted by Crippen LogP contribution is -2.15. The van der Waals surface area contributed by atoms with Gasteiger partial charge < -0.3 is 5.73 Å². The maximum atomic E-state index is 11.1. The van der Waals surface area contributed by atoms with Gasteiger partial charge in [-0.05, 0) is 40.4 Å². The molecular formula is C10H11BrN2O. The number of carbonyl (C=O) groups is 1. The number of hydrogen-bond acceptors (Lipinski definition) is 2. The normalized spacial score (nSPS) is 9.79. The van der Waals surface area contributed by atoms with Gasteiger partial charge in [0.1, 0.15) is 4.60 Å². The molecule has 1 amide bonds. The molecule has 0 unspecified atom stereocenters. The van der Waals surface area contributed by atoms with Crippen molar-refractivity contribution in [3.8, 4) is 0 Å². The molecule has 3 nitrogen and oxygen atoms in total. The summed E-state index contributed by atoms with van der Waals surface area (Å²) in [5.41, 5.74) is 6.62. The monoisotopic (exact) mass is 254 g/mol. The predicted molar refractivity (Wildman–Crippen MR) is 59.0 cm³/mol. The number of hydrogen-bond donors (Lipinski definition) is 1. The second-order valence-electron chi connectivity index (χ2n) is 2.83. The lowest BCUT2D eigenvalue weighted by atomic mass is 10.1. The summed E-state index contributed by atoms with van der Waals surface area (Å²) in [5.74, 6) is -0.455. The molecule has 1 aromatic heterocycles. The average molecular weight is 255 g/mol. The summed E-state index contributed by atoms with van der Waals surface area (Å²) in [6, 6.07) is 1.80. The largest absolute Gasteiger partial charge is 0.366 e. The van der Waals surface area contributed by atoms with E-state index in [4.69, 9.17) is 5.73 Å². The van der Waals surface area contributed by atoms with E-state index in [-0.39, 0.29) is 0 Å². The zero-order valence-corrected chi connectivity index (χ0v) is 9.25. The second kappa shape index (κ2) is 4.91. The standard InChI is InChI=1S/C10H11BrN2O/c1-2-3-4-7-5-6-13-9(11)8(7)10(12)14/h2,5-6H,1,3-4H2,(H2,12,14). The third-order valence-electron chi connectivity index (χ3n) is 1.86. The Labute approximate surface area is 91.2 Å². The topological polar surface area (TPSA) is 56.0 Å². The molecule has 1 rings (SSSR count). The fourth-order valence-electron chi connectivity index (χ4n) is 1.20. The minimum Gasteiger partial charge on any atom is -0.366 e. The molecule has 0 aromatic carbocycles. The van der Waals surface area contributed by atoms with Gasteiger partial charge in [-0.2, -0.15) is 0 Å². The van der Waals surface area contributed by atoms with E-state index >= 15 is 0 Å². The first-order valence-corrected chi connectivity index (χ1v) is 5.00. The molecular weight excluding hydrogens is 244 g/mol. The highest BCUT2D eigenvalue weighted by atomic mass is 79.9. The van der Waals surface area contributed by atoms with Crippen LogP contribution in [0, 0.1) is 0 Å². The Morgan fingerprint density at radius 1 is 1.71 bits per heavy atom. The number of pyridine rings is 1. The molecule has 0 radical (unpaired) electrons. The quantitative estimate of drug-likeness (QED) is 0.661. The molecule has 2 N–H and O–H groups in total. The van der Waals surface area contributed by atoms with Crippen LogP contribution in [0.15, 0.2) is 29.5 Å². The molecule has 0 aliphatic heterocycles.